The van der Waals surface area contributed by atoms with Gasteiger partial charge in [-0.3, -0.25) is 0 Å². The van der Waals surface area contributed by atoms with E-state index < -0.39 is 0 Å². The van der Waals surface area contributed by atoms with Gasteiger partial charge in [-0.05, 0) is 21.9 Å². The molecule has 2 aromatic carbocycles. The summed E-state index contributed by atoms with van der Waals surface area (Å²) >= 11 is 0. The standard InChI is InChI=1S/C32H18N8.Pd/c1-2-10-18-17(9-1)25-33-26(18)38-28-21-13-5-6-14-22(21)30(35-28)40-32-24-16-8-7-15-23(24)31(36-32)39-29-20-12-4-3-11-19(20)27(34-29)37-25;/h1-17,20H;/q-2;+2. The second kappa shape index (κ2) is 9.10. The van der Waals surface area contributed by atoms with E-state index in [1.807, 2.05) is 85.0 Å². The van der Waals surface area contributed by atoms with Crippen molar-refractivity contribution in [1.82, 2.24) is 39.9 Å². The van der Waals surface area contributed by atoms with Crippen molar-refractivity contribution in [3.8, 4) is 22.8 Å². The van der Waals surface area contributed by atoms with E-state index in [1.165, 1.54) is 0 Å². The van der Waals surface area contributed by atoms with Gasteiger partial charge in [0.2, 0.25) is 0 Å². The minimum Gasteiger partial charge on any atom is -0.361 e. The number of rotatable bonds is 0. The topological polar surface area (TPSA) is 106 Å². The molecular weight excluding hydrogens is 603 g/mol. The van der Waals surface area contributed by atoms with Crippen LogP contribution < -0.4 is 20.9 Å². The van der Waals surface area contributed by atoms with Crippen molar-refractivity contribution in [2.45, 2.75) is 11.8 Å². The summed E-state index contributed by atoms with van der Waals surface area (Å²) in [4.78, 5) is 39.5. The fraction of sp³-hybridized carbons (Fsp3) is 0.0625. The number of aromatic nitrogens is 8. The minimum absolute atomic E-state index is 0. The molecule has 0 fully saturated rings. The number of hydrogen-bond acceptors (Lipinski definition) is 6. The van der Waals surface area contributed by atoms with E-state index in [9.17, 15) is 0 Å². The third kappa shape index (κ3) is 3.63. The SMILES string of the molecule is C1=CC2=c3nc(nc4nc(nc5[n-]c(nc6[n-]c(n3)C3C=CC=CC=63)c3ccccc53)-c3ccccc3-4)C2C=C1.[Pd+2]. The van der Waals surface area contributed by atoms with E-state index in [0.717, 1.165) is 33.0 Å². The van der Waals surface area contributed by atoms with E-state index in [-0.39, 0.29) is 32.3 Å². The molecular formula is C32H18N8Pd. The van der Waals surface area contributed by atoms with E-state index in [1.54, 1.807) is 0 Å². The molecule has 0 saturated heterocycles. The molecule has 0 spiro atoms. The maximum absolute atomic E-state index is 5.01. The first-order chi connectivity index (χ1) is 19.8. The molecule has 3 aliphatic heterocycles. The first-order valence-electron chi connectivity index (χ1n) is 13.1. The molecule has 0 saturated carbocycles. The summed E-state index contributed by atoms with van der Waals surface area (Å²) in [6, 6.07) is 16.0. The summed E-state index contributed by atoms with van der Waals surface area (Å²) in [5.41, 5.74) is 6.13. The Hall–Kier alpha value is -4.84. The summed E-state index contributed by atoms with van der Waals surface area (Å²) in [7, 11) is 0. The summed E-state index contributed by atoms with van der Waals surface area (Å²) in [5, 5.41) is 1.81. The van der Waals surface area contributed by atoms with Crippen LogP contribution in [0.1, 0.15) is 23.5 Å². The van der Waals surface area contributed by atoms with Gasteiger partial charge in [0.05, 0.1) is 17.2 Å². The average molecular weight is 621 g/mol. The van der Waals surface area contributed by atoms with Gasteiger partial charge in [0.25, 0.3) is 0 Å². The van der Waals surface area contributed by atoms with Gasteiger partial charge in [-0.25, -0.2) is 15.0 Å². The smallest absolute Gasteiger partial charge is 0.361 e. The number of benzene rings is 2. The zero-order valence-electron chi connectivity index (χ0n) is 21.3. The Morgan fingerprint density at radius 2 is 1.22 bits per heavy atom. The molecule has 4 aromatic rings. The predicted molar refractivity (Wildman–Crippen MR) is 151 cm³/mol. The molecule has 0 N–H and O–H groups in total. The Morgan fingerprint density at radius 3 is 2.00 bits per heavy atom. The van der Waals surface area contributed by atoms with Crippen LogP contribution in [-0.2, 0) is 20.4 Å². The molecule has 2 aliphatic carbocycles. The Labute approximate surface area is 247 Å². The van der Waals surface area contributed by atoms with Crippen molar-refractivity contribution in [2.24, 2.45) is 0 Å². The fourth-order valence-corrected chi connectivity index (χ4v) is 5.76. The Morgan fingerprint density at radius 1 is 0.561 bits per heavy atom. The molecule has 0 radical (unpaired) electrons. The van der Waals surface area contributed by atoms with Crippen molar-refractivity contribution >= 4 is 33.2 Å². The molecule has 2 aromatic heterocycles. The van der Waals surface area contributed by atoms with Gasteiger partial charge < -0.3 is 24.9 Å². The van der Waals surface area contributed by atoms with Crippen LogP contribution in [0.5, 0.6) is 0 Å². The summed E-state index contributed by atoms with van der Waals surface area (Å²) in [6.45, 7) is 0. The molecule has 0 amide bonds. The summed E-state index contributed by atoms with van der Waals surface area (Å²) in [5.74, 6) is 2.21. The van der Waals surface area contributed by atoms with Crippen LogP contribution in [0.15, 0.2) is 97.1 Å². The molecule has 8 bridgehead atoms. The predicted octanol–water partition coefficient (Wildman–Crippen LogP) is 3.48. The van der Waals surface area contributed by atoms with Crippen molar-refractivity contribution in [2.75, 3.05) is 0 Å². The quantitative estimate of drug-likeness (QED) is 0.242. The minimum atomic E-state index is -0.113. The number of nitrogens with zero attached hydrogens (tertiary/aromatic N) is 8. The molecule has 9 heteroatoms. The number of hydrogen-bond donors (Lipinski definition) is 0. The van der Waals surface area contributed by atoms with Crippen LogP contribution in [0.3, 0.4) is 0 Å². The van der Waals surface area contributed by atoms with Gasteiger partial charge in [-0.15, -0.1) is 0 Å². The monoisotopic (exact) mass is 620 g/mol. The molecule has 196 valence electrons. The maximum atomic E-state index is 5.01. The van der Waals surface area contributed by atoms with Gasteiger partial charge in [-0.1, -0.05) is 97.1 Å². The second-order valence-corrected chi connectivity index (χ2v) is 10.00. The molecule has 5 heterocycles. The van der Waals surface area contributed by atoms with Crippen LogP contribution in [0.4, 0.5) is 0 Å². The van der Waals surface area contributed by atoms with Gasteiger partial charge in [0, 0.05) is 39.6 Å². The average Bonchev–Trinajstić information content (AvgIpc) is 3.73. The van der Waals surface area contributed by atoms with Gasteiger partial charge in [-0.2, -0.15) is 0 Å². The summed E-state index contributed by atoms with van der Waals surface area (Å²) < 4.78 is 0. The third-order valence-electron chi connectivity index (χ3n) is 7.67. The Kier molecular flexibility index (Phi) is 5.33. The number of allylic oxidation sites excluding steroid dienone is 8. The third-order valence-corrected chi connectivity index (χ3v) is 7.67. The van der Waals surface area contributed by atoms with Crippen molar-refractivity contribution in [3.63, 3.8) is 0 Å². The maximum Gasteiger partial charge on any atom is 2.00 e. The Balaban J connectivity index is 0.00000256. The van der Waals surface area contributed by atoms with Crippen LogP contribution in [-0.4, -0.2) is 29.9 Å². The van der Waals surface area contributed by atoms with Crippen LogP contribution in [0.25, 0.3) is 56.0 Å². The van der Waals surface area contributed by atoms with Gasteiger partial charge in [0.1, 0.15) is 5.82 Å². The van der Waals surface area contributed by atoms with E-state index >= 15 is 0 Å². The van der Waals surface area contributed by atoms with Crippen LogP contribution in [0.2, 0.25) is 0 Å². The van der Waals surface area contributed by atoms with Gasteiger partial charge in [0.15, 0.2) is 5.82 Å². The molecule has 2 atom stereocenters. The van der Waals surface area contributed by atoms with Crippen molar-refractivity contribution < 1.29 is 20.4 Å². The van der Waals surface area contributed by atoms with Crippen LogP contribution in [0, 0.1) is 0 Å². The summed E-state index contributed by atoms with van der Waals surface area (Å²) in [6.07, 6.45) is 16.3. The molecule has 9 rings (SSSR count). The fourth-order valence-electron chi connectivity index (χ4n) is 5.76. The molecule has 2 unspecified atom stereocenters. The molecule has 41 heavy (non-hydrogen) atoms. The van der Waals surface area contributed by atoms with E-state index in [0.29, 0.717) is 45.6 Å². The van der Waals surface area contributed by atoms with Crippen molar-refractivity contribution in [3.05, 3.63) is 120 Å². The largest absolute Gasteiger partial charge is 2.00 e. The zero-order valence-corrected chi connectivity index (χ0v) is 22.8. The number of fused-ring (bicyclic) bond motifs is 18. The van der Waals surface area contributed by atoms with E-state index in [2.05, 4.69) is 12.2 Å². The van der Waals surface area contributed by atoms with Gasteiger partial charge >= 0.3 is 20.4 Å². The van der Waals surface area contributed by atoms with Crippen molar-refractivity contribution in [1.29, 1.82) is 0 Å². The molecule has 8 nitrogen and oxygen atoms in total. The van der Waals surface area contributed by atoms with E-state index in [4.69, 9.17) is 39.9 Å². The molecule has 5 aliphatic rings. The zero-order chi connectivity index (χ0) is 26.2. The normalized spacial score (nSPS) is 18.5. The van der Waals surface area contributed by atoms with Crippen LogP contribution >= 0.6 is 0 Å². The first kappa shape index (κ1) is 24.0. The second-order valence-electron chi connectivity index (χ2n) is 10.00. The Bertz CT molecular complexity index is 2250. The first-order valence-corrected chi connectivity index (χ1v) is 13.1.